The molecule has 0 bridgehead atoms. The summed E-state index contributed by atoms with van der Waals surface area (Å²) in [4.78, 5) is 11.7. The third-order valence-corrected chi connectivity index (χ3v) is 4.23. The van der Waals surface area contributed by atoms with Crippen LogP contribution < -0.4 is 5.43 Å². The van der Waals surface area contributed by atoms with Crippen molar-refractivity contribution in [3.8, 4) is 11.5 Å². The Kier molecular flexibility index (Phi) is 5.57. The summed E-state index contributed by atoms with van der Waals surface area (Å²) in [7, 11) is 0. The monoisotopic (exact) mass is 426 g/mol. The fraction of sp³-hybridized carbons (Fsp3) is 0.0667. The number of phenols is 2. The van der Waals surface area contributed by atoms with Crippen molar-refractivity contribution in [1.29, 1.82) is 0 Å². The average Bonchev–Trinajstić information content (AvgIpc) is 2.51. The number of rotatable bonds is 4. The van der Waals surface area contributed by atoms with Crippen LogP contribution in [-0.2, 0) is 11.2 Å². The van der Waals surface area contributed by atoms with Crippen molar-refractivity contribution in [1.82, 2.24) is 5.43 Å². The first-order valence-corrected chi connectivity index (χ1v) is 7.83. The van der Waals surface area contributed by atoms with Crippen LogP contribution in [0.4, 0.5) is 0 Å². The van der Waals surface area contributed by atoms with Gasteiger partial charge in [-0.15, -0.1) is 0 Å². The maximum Gasteiger partial charge on any atom is 0.244 e. The number of hydrogen-bond donors (Lipinski definition) is 3. The Morgan fingerprint density at radius 1 is 1.18 bits per heavy atom. The highest BCUT2D eigenvalue weighted by molar-refractivity contribution is 9.11. The van der Waals surface area contributed by atoms with E-state index in [9.17, 15) is 15.0 Å². The zero-order valence-electron chi connectivity index (χ0n) is 11.3. The van der Waals surface area contributed by atoms with Crippen LogP contribution in [0.2, 0.25) is 0 Å². The summed E-state index contributed by atoms with van der Waals surface area (Å²) in [5, 5.41) is 23.1. The van der Waals surface area contributed by atoms with E-state index in [-0.39, 0.29) is 28.3 Å². The van der Waals surface area contributed by atoms with Crippen molar-refractivity contribution in [3.05, 3.63) is 56.5 Å². The minimum absolute atomic E-state index is 0.226. The molecule has 5 nitrogen and oxygen atoms in total. The topological polar surface area (TPSA) is 81.9 Å². The van der Waals surface area contributed by atoms with E-state index in [1.165, 1.54) is 6.21 Å². The molecule has 0 unspecified atom stereocenters. The minimum Gasteiger partial charge on any atom is -0.503 e. The molecule has 0 heterocycles. The zero-order valence-corrected chi connectivity index (χ0v) is 14.4. The van der Waals surface area contributed by atoms with Gasteiger partial charge in [0, 0.05) is 5.56 Å². The van der Waals surface area contributed by atoms with E-state index >= 15 is 0 Å². The molecule has 2 rings (SSSR count). The molecule has 0 aliphatic carbocycles. The first kappa shape index (κ1) is 16.5. The van der Waals surface area contributed by atoms with E-state index in [0.29, 0.717) is 10.0 Å². The van der Waals surface area contributed by atoms with Gasteiger partial charge in [-0.1, -0.05) is 30.3 Å². The highest BCUT2D eigenvalue weighted by atomic mass is 79.9. The van der Waals surface area contributed by atoms with Crippen LogP contribution >= 0.6 is 31.9 Å². The fourth-order valence-electron chi connectivity index (χ4n) is 1.71. The Morgan fingerprint density at radius 2 is 1.86 bits per heavy atom. The second-order valence-electron chi connectivity index (χ2n) is 4.41. The maximum atomic E-state index is 11.7. The van der Waals surface area contributed by atoms with Gasteiger partial charge in [0.15, 0.2) is 11.5 Å². The van der Waals surface area contributed by atoms with Gasteiger partial charge >= 0.3 is 0 Å². The van der Waals surface area contributed by atoms with E-state index < -0.39 is 0 Å². The number of hydrazone groups is 1. The number of carbonyl (C=O) groups is 1. The van der Waals surface area contributed by atoms with Crippen molar-refractivity contribution >= 4 is 44.0 Å². The summed E-state index contributed by atoms with van der Waals surface area (Å²) in [5.74, 6) is -0.816. The molecule has 0 aliphatic heterocycles. The van der Waals surface area contributed by atoms with E-state index in [2.05, 4.69) is 42.4 Å². The third kappa shape index (κ3) is 4.08. The summed E-state index contributed by atoms with van der Waals surface area (Å²) in [6.07, 6.45) is 1.60. The van der Waals surface area contributed by atoms with Gasteiger partial charge in [-0.05, 0) is 43.5 Å². The van der Waals surface area contributed by atoms with Gasteiger partial charge in [0.2, 0.25) is 5.91 Å². The van der Waals surface area contributed by atoms with E-state index in [1.54, 1.807) is 6.07 Å². The van der Waals surface area contributed by atoms with Crippen LogP contribution in [0.5, 0.6) is 11.5 Å². The van der Waals surface area contributed by atoms with E-state index in [1.807, 2.05) is 30.3 Å². The number of benzene rings is 2. The number of carbonyl (C=O) groups excluding carboxylic acids is 1. The standard InChI is InChI=1S/C15H12Br2N2O3/c16-11-7-10(13(17)15(22)14(11)21)8-18-19-12(20)6-9-4-2-1-3-5-9/h1-5,7-8,21-22H,6H2,(H,19,20). The average molecular weight is 428 g/mol. The van der Waals surface area contributed by atoms with Gasteiger partial charge in [0.25, 0.3) is 0 Å². The van der Waals surface area contributed by atoms with Crippen LogP contribution in [-0.4, -0.2) is 22.3 Å². The molecule has 0 aromatic heterocycles. The SMILES string of the molecule is O=C(Cc1ccccc1)NN=Cc1cc(Br)c(O)c(O)c1Br. The number of amides is 1. The summed E-state index contributed by atoms with van der Waals surface area (Å²) < 4.78 is 0.611. The van der Waals surface area contributed by atoms with Gasteiger partial charge in [-0.3, -0.25) is 4.79 Å². The molecule has 0 atom stereocenters. The van der Waals surface area contributed by atoms with Gasteiger partial charge in [-0.25, -0.2) is 5.43 Å². The molecule has 0 fully saturated rings. The van der Waals surface area contributed by atoms with Crippen LogP contribution in [0.3, 0.4) is 0 Å². The largest absolute Gasteiger partial charge is 0.503 e. The molecule has 2 aromatic rings. The van der Waals surface area contributed by atoms with Crippen molar-refractivity contribution in [2.45, 2.75) is 6.42 Å². The van der Waals surface area contributed by atoms with E-state index in [0.717, 1.165) is 5.56 Å². The molecule has 0 saturated heterocycles. The Morgan fingerprint density at radius 3 is 2.55 bits per heavy atom. The predicted octanol–water partition coefficient (Wildman–Crippen LogP) is 3.32. The van der Waals surface area contributed by atoms with Crippen LogP contribution in [0.1, 0.15) is 11.1 Å². The maximum absolute atomic E-state index is 11.7. The van der Waals surface area contributed by atoms with Crippen LogP contribution in [0, 0.1) is 0 Å². The zero-order chi connectivity index (χ0) is 16.1. The number of hydrogen-bond acceptors (Lipinski definition) is 4. The summed E-state index contributed by atoms with van der Waals surface area (Å²) in [6, 6.07) is 10.9. The molecule has 0 aliphatic rings. The number of halogens is 2. The lowest BCUT2D eigenvalue weighted by Crippen LogP contribution is -2.19. The first-order valence-electron chi connectivity index (χ1n) is 6.24. The van der Waals surface area contributed by atoms with Crippen molar-refractivity contribution in [3.63, 3.8) is 0 Å². The fourth-order valence-corrected chi connectivity index (χ4v) is 2.55. The van der Waals surface area contributed by atoms with Gasteiger partial charge in [-0.2, -0.15) is 5.10 Å². The minimum atomic E-state index is -0.300. The molecule has 22 heavy (non-hydrogen) atoms. The van der Waals surface area contributed by atoms with Crippen LogP contribution in [0.25, 0.3) is 0 Å². The molecule has 7 heteroatoms. The lowest BCUT2D eigenvalue weighted by atomic mass is 10.1. The molecule has 1 amide bonds. The Hall–Kier alpha value is -1.86. The van der Waals surface area contributed by atoms with Crippen molar-refractivity contribution in [2.75, 3.05) is 0 Å². The number of aromatic hydroxyl groups is 2. The van der Waals surface area contributed by atoms with Crippen molar-refractivity contribution in [2.24, 2.45) is 5.10 Å². The summed E-state index contributed by atoms with van der Waals surface area (Å²) in [5.41, 5.74) is 3.80. The highest BCUT2D eigenvalue weighted by Gasteiger charge is 2.12. The molecule has 0 spiro atoms. The quantitative estimate of drug-likeness (QED) is 0.397. The second-order valence-corrected chi connectivity index (χ2v) is 6.06. The predicted molar refractivity (Wildman–Crippen MR) is 91.1 cm³/mol. The van der Waals surface area contributed by atoms with Crippen molar-refractivity contribution < 1.29 is 15.0 Å². The molecule has 114 valence electrons. The lowest BCUT2D eigenvalue weighted by molar-refractivity contribution is -0.120. The van der Waals surface area contributed by atoms with Gasteiger partial charge in [0.1, 0.15) is 0 Å². The number of phenolic OH excluding ortho intramolecular Hbond substituents is 2. The molecule has 3 N–H and O–H groups in total. The Labute approximate surface area is 143 Å². The number of nitrogens with zero attached hydrogens (tertiary/aromatic N) is 1. The van der Waals surface area contributed by atoms with Crippen LogP contribution in [0.15, 0.2) is 50.4 Å². The van der Waals surface area contributed by atoms with Gasteiger partial charge < -0.3 is 10.2 Å². The normalized spacial score (nSPS) is 10.8. The lowest BCUT2D eigenvalue weighted by Gasteiger charge is -2.06. The Bertz CT molecular complexity index is 718. The number of nitrogens with one attached hydrogen (secondary N) is 1. The second kappa shape index (κ2) is 7.42. The molecule has 2 aromatic carbocycles. The highest BCUT2D eigenvalue weighted by Crippen LogP contribution is 2.40. The Balaban J connectivity index is 2.03. The summed E-state index contributed by atoms with van der Waals surface area (Å²) in [6.45, 7) is 0. The third-order valence-electron chi connectivity index (χ3n) is 2.79. The summed E-state index contributed by atoms with van der Waals surface area (Å²) >= 11 is 6.27. The van der Waals surface area contributed by atoms with E-state index in [4.69, 9.17) is 0 Å². The molecular weight excluding hydrogens is 416 g/mol. The van der Waals surface area contributed by atoms with Gasteiger partial charge in [0.05, 0.1) is 21.6 Å². The molecule has 0 radical (unpaired) electrons. The smallest absolute Gasteiger partial charge is 0.244 e. The first-order chi connectivity index (χ1) is 10.5. The molecule has 0 saturated carbocycles. The molecular formula is C15H12Br2N2O3.